The first-order chi connectivity index (χ1) is 9.36. The van der Waals surface area contributed by atoms with Gasteiger partial charge in [-0.15, -0.1) is 0 Å². The summed E-state index contributed by atoms with van der Waals surface area (Å²) in [6.07, 6.45) is 0.649. The average molecular weight is 342 g/mol. The van der Waals surface area contributed by atoms with E-state index in [1.54, 1.807) is 6.92 Å². The summed E-state index contributed by atoms with van der Waals surface area (Å²) in [6.45, 7) is 3.42. The molecule has 0 bridgehead atoms. The number of rotatable bonds is 4. The van der Waals surface area contributed by atoms with Crippen molar-refractivity contribution in [2.75, 3.05) is 11.4 Å². The van der Waals surface area contributed by atoms with Crippen LogP contribution >= 0.6 is 15.9 Å². The van der Waals surface area contributed by atoms with Gasteiger partial charge in [0.05, 0.1) is 22.3 Å². The summed E-state index contributed by atoms with van der Waals surface area (Å²) in [7, 11) is 0. The van der Waals surface area contributed by atoms with Gasteiger partial charge in [0.2, 0.25) is 0 Å². The van der Waals surface area contributed by atoms with Gasteiger partial charge in [-0.2, -0.15) is 0 Å². The maximum atomic E-state index is 13.6. The van der Waals surface area contributed by atoms with Crippen molar-refractivity contribution in [2.24, 2.45) is 5.92 Å². The van der Waals surface area contributed by atoms with E-state index < -0.39 is 17.5 Å². The summed E-state index contributed by atoms with van der Waals surface area (Å²) in [6, 6.07) is 2.38. The fraction of sp³-hybridized carbons (Fsp3) is 0.357. The summed E-state index contributed by atoms with van der Waals surface area (Å²) in [5, 5.41) is 0. The Bertz CT molecular complexity index is 615. The number of benzene rings is 1. The van der Waals surface area contributed by atoms with Crippen LogP contribution in [0.1, 0.15) is 30.6 Å². The molecule has 106 valence electrons. The highest BCUT2D eigenvalue weighted by Gasteiger charge is 2.38. The van der Waals surface area contributed by atoms with Crippen LogP contribution in [0.5, 0.6) is 0 Å². The highest BCUT2D eigenvalue weighted by molar-refractivity contribution is 9.10. The third-order valence-electron chi connectivity index (χ3n) is 3.49. The first kappa shape index (κ1) is 14.8. The van der Waals surface area contributed by atoms with Gasteiger partial charge in [0.1, 0.15) is 5.82 Å². The van der Waals surface area contributed by atoms with Crippen molar-refractivity contribution in [3.05, 3.63) is 28.0 Å². The van der Waals surface area contributed by atoms with Crippen LogP contribution in [0.4, 0.5) is 10.1 Å². The molecule has 1 aliphatic rings. The minimum atomic E-state index is -0.783. The number of carbonyl (C=O) groups excluding carboxylic acids is 3. The maximum Gasteiger partial charge on any atom is 0.299 e. The lowest BCUT2D eigenvalue weighted by Gasteiger charge is -2.17. The van der Waals surface area contributed by atoms with Gasteiger partial charge in [0, 0.05) is 5.92 Å². The van der Waals surface area contributed by atoms with Gasteiger partial charge < -0.3 is 0 Å². The predicted octanol–water partition coefficient (Wildman–Crippen LogP) is 2.73. The molecule has 0 saturated heterocycles. The zero-order valence-electron chi connectivity index (χ0n) is 11.1. The van der Waals surface area contributed by atoms with Crippen molar-refractivity contribution >= 4 is 39.1 Å². The lowest BCUT2D eigenvalue weighted by atomic mass is 10.0. The summed E-state index contributed by atoms with van der Waals surface area (Å²) >= 11 is 2.98. The molecule has 0 N–H and O–H groups in total. The molecule has 1 unspecified atom stereocenters. The van der Waals surface area contributed by atoms with E-state index in [4.69, 9.17) is 0 Å². The number of halogens is 2. The van der Waals surface area contributed by atoms with E-state index in [-0.39, 0.29) is 34.0 Å². The second kappa shape index (κ2) is 5.44. The number of hydrogen-bond donors (Lipinski definition) is 0. The number of carbonyl (C=O) groups is 3. The zero-order chi connectivity index (χ0) is 15.0. The predicted molar refractivity (Wildman–Crippen MR) is 75.2 cm³/mol. The third-order valence-corrected chi connectivity index (χ3v) is 4.10. The van der Waals surface area contributed by atoms with Crippen LogP contribution in [0.25, 0.3) is 0 Å². The lowest BCUT2D eigenvalue weighted by Crippen LogP contribution is -2.36. The van der Waals surface area contributed by atoms with Crippen LogP contribution in [0.15, 0.2) is 16.6 Å². The number of hydrogen-bond acceptors (Lipinski definition) is 3. The van der Waals surface area contributed by atoms with Crippen LogP contribution in [0.2, 0.25) is 0 Å². The first-order valence-corrected chi connectivity index (χ1v) is 7.04. The summed E-state index contributed by atoms with van der Waals surface area (Å²) < 4.78 is 13.7. The van der Waals surface area contributed by atoms with Crippen molar-refractivity contribution in [3.63, 3.8) is 0 Å². The normalized spacial score (nSPS) is 15.5. The number of nitrogens with zero attached hydrogens (tertiary/aromatic N) is 1. The van der Waals surface area contributed by atoms with Gasteiger partial charge in [0.25, 0.3) is 11.7 Å². The Labute approximate surface area is 124 Å². The highest BCUT2D eigenvalue weighted by Crippen LogP contribution is 2.33. The van der Waals surface area contributed by atoms with Crippen LogP contribution in [0.3, 0.4) is 0 Å². The van der Waals surface area contributed by atoms with E-state index in [0.29, 0.717) is 6.42 Å². The lowest BCUT2D eigenvalue weighted by molar-refractivity contribution is -0.123. The topological polar surface area (TPSA) is 54.5 Å². The molecule has 1 heterocycles. The fourth-order valence-electron chi connectivity index (χ4n) is 1.99. The van der Waals surface area contributed by atoms with E-state index in [1.165, 1.54) is 6.07 Å². The van der Waals surface area contributed by atoms with Crippen molar-refractivity contribution in [1.82, 2.24) is 0 Å². The molecule has 1 aromatic rings. The standard InChI is InChI=1S/C14H13BrFNO3/c1-3-7(2)12(18)6-17-11-5-10(16)9(15)4-8(11)13(19)14(17)20/h4-5,7H,3,6H2,1-2H3. The smallest absolute Gasteiger partial charge is 0.297 e. The van der Waals surface area contributed by atoms with Crippen molar-refractivity contribution in [2.45, 2.75) is 20.3 Å². The molecule has 0 radical (unpaired) electrons. The van der Waals surface area contributed by atoms with Crippen LogP contribution in [-0.4, -0.2) is 24.0 Å². The molecule has 2 rings (SSSR count). The van der Waals surface area contributed by atoms with Gasteiger partial charge >= 0.3 is 0 Å². The fourth-order valence-corrected chi connectivity index (χ4v) is 2.33. The molecule has 0 spiro atoms. The van der Waals surface area contributed by atoms with Crippen LogP contribution < -0.4 is 4.90 Å². The van der Waals surface area contributed by atoms with E-state index in [0.717, 1.165) is 11.0 Å². The third kappa shape index (κ3) is 2.40. The molecule has 0 fully saturated rings. The van der Waals surface area contributed by atoms with E-state index in [1.807, 2.05) is 6.92 Å². The second-order valence-corrected chi connectivity index (χ2v) is 5.63. The Hall–Kier alpha value is -1.56. The molecule has 20 heavy (non-hydrogen) atoms. The second-order valence-electron chi connectivity index (χ2n) is 4.78. The van der Waals surface area contributed by atoms with Crippen molar-refractivity contribution in [1.29, 1.82) is 0 Å². The minimum Gasteiger partial charge on any atom is -0.297 e. The molecule has 4 nitrogen and oxygen atoms in total. The Balaban J connectivity index is 2.38. The monoisotopic (exact) mass is 341 g/mol. The molecule has 0 saturated carbocycles. The molecule has 6 heteroatoms. The van der Waals surface area contributed by atoms with Crippen molar-refractivity contribution in [3.8, 4) is 0 Å². The zero-order valence-corrected chi connectivity index (χ0v) is 12.7. The summed E-state index contributed by atoms with van der Waals surface area (Å²) in [5.41, 5.74) is 0.289. The Morgan fingerprint density at radius 1 is 1.40 bits per heavy atom. The molecule has 1 aliphatic heterocycles. The molecular formula is C14H13BrFNO3. The van der Waals surface area contributed by atoms with Gasteiger partial charge in [-0.05, 0) is 34.5 Å². The summed E-state index contributed by atoms with van der Waals surface area (Å²) in [5.74, 6) is -2.42. The van der Waals surface area contributed by atoms with E-state index in [9.17, 15) is 18.8 Å². The Kier molecular flexibility index (Phi) is 4.04. The number of amides is 1. The number of Topliss-reactive ketones (excluding diaryl/α,β-unsaturated/α-hetero) is 2. The highest BCUT2D eigenvalue weighted by atomic mass is 79.9. The number of fused-ring (bicyclic) bond motifs is 1. The van der Waals surface area contributed by atoms with Crippen LogP contribution in [0, 0.1) is 11.7 Å². The molecule has 0 aromatic heterocycles. The van der Waals surface area contributed by atoms with Gasteiger partial charge in [-0.3, -0.25) is 19.3 Å². The van der Waals surface area contributed by atoms with Gasteiger partial charge in [-0.25, -0.2) is 4.39 Å². The van der Waals surface area contributed by atoms with E-state index >= 15 is 0 Å². The number of anilines is 1. The largest absolute Gasteiger partial charge is 0.299 e. The molecular weight excluding hydrogens is 329 g/mol. The number of ketones is 2. The Morgan fingerprint density at radius 3 is 2.65 bits per heavy atom. The van der Waals surface area contributed by atoms with Gasteiger partial charge in [0.15, 0.2) is 5.78 Å². The molecule has 0 aliphatic carbocycles. The molecule has 1 aromatic carbocycles. The van der Waals surface area contributed by atoms with Crippen molar-refractivity contribution < 1.29 is 18.8 Å². The first-order valence-electron chi connectivity index (χ1n) is 6.24. The summed E-state index contributed by atoms with van der Waals surface area (Å²) in [4.78, 5) is 36.8. The van der Waals surface area contributed by atoms with Gasteiger partial charge in [-0.1, -0.05) is 13.8 Å². The maximum absolute atomic E-state index is 13.6. The SMILES string of the molecule is CCC(C)C(=O)CN1C(=O)C(=O)c2cc(Br)c(F)cc21. The molecule has 1 amide bonds. The van der Waals surface area contributed by atoms with Crippen LogP contribution in [-0.2, 0) is 9.59 Å². The molecule has 1 atom stereocenters. The van der Waals surface area contributed by atoms with E-state index in [2.05, 4.69) is 15.9 Å². The quantitative estimate of drug-likeness (QED) is 0.791. The minimum absolute atomic E-state index is 0.118. The Morgan fingerprint density at radius 2 is 2.05 bits per heavy atom. The average Bonchev–Trinajstić information content (AvgIpc) is 2.64.